The number of nitrogens with zero attached hydrogens (tertiary/aromatic N) is 2. The lowest BCUT2D eigenvalue weighted by atomic mass is 10.2. The summed E-state index contributed by atoms with van der Waals surface area (Å²) in [6.45, 7) is 0. The van der Waals surface area contributed by atoms with Crippen LogP contribution in [0.25, 0.3) is 22.6 Å². The van der Waals surface area contributed by atoms with Crippen molar-refractivity contribution < 1.29 is 4.39 Å². The summed E-state index contributed by atoms with van der Waals surface area (Å²) in [6.07, 6.45) is 0. The van der Waals surface area contributed by atoms with Crippen LogP contribution in [0.3, 0.4) is 0 Å². The highest BCUT2D eigenvalue weighted by Crippen LogP contribution is 2.28. The van der Waals surface area contributed by atoms with Crippen molar-refractivity contribution in [3.05, 3.63) is 49.9 Å². The second kappa shape index (κ2) is 4.31. The van der Waals surface area contributed by atoms with Crippen LogP contribution in [-0.2, 0) is 7.05 Å². The molecule has 0 aliphatic carbocycles. The SMILES string of the molecule is Cn1c(=O)[nH]c(=O)c2[nH]c(-c3cccc(F)c3Cl)nc21. The van der Waals surface area contributed by atoms with Crippen molar-refractivity contribution in [2.24, 2.45) is 7.05 Å². The van der Waals surface area contributed by atoms with Gasteiger partial charge in [-0.15, -0.1) is 0 Å². The lowest BCUT2D eigenvalue weighted by Gasteiger charge is -2.00. The van der Waals surface area contributed by atoms with E-state index < -0.39 is 17.1 Å². The van der Waals surface area contributed by atoms with E-state index >= 15 is 0 Å². The van der Waals surface area contributed by atoms with Gasteiger partial charge in [-0.2, -0.15) is 0 Å². The Morgan fingerprint density at radius 1 is 1.30 bits per heavy atom. The second-order valence-electron chi connectivity index (χ2n) is 4.20. The monoisotopic (exact) mass is 294 g/mol. The molecule has 0 aliphatic heterocycles. The Hall–Kier alpha value is -2.41. The van der Waals surface area contributed by atoms with Crippen LogP contribution in [0, 0.1) is 5.82 Å². The van der Waals surface area contributed by atoms with Crippen LogP contribution >= 0.6 is 11.6 Å². The Morgan fingerprint density at radius 3 is 2.80 bits per heavy atom. The van der Waals surface area contributed by atoms with Crippen molar-refractivity contribution in [3.63, 3.8) is 0 Å². The standard InChI is InChI=1S/C12H8ClFN4O2/c1-18-10-8(11(19)17-12(18)20)15-9(16-10)5-3-2-4-6(14)7(5)13/h2-4H,1H3,(H,15,16)(H,17,19,20). The normalized spacial score (nSPS) is 11.2. The maximum atomic E-state index is 13.4. The van der Waals surface area contributed by atoms with Gasteiger partial charge in [0.2, 0.25) is 0 Å². The fourth-order valence-corrected chi connectivity index (χ4v) is 2.13. The maximum Gasteiger partial charge on any atom is 0.329 e. The van der Waals surface area contributed by atoms with Gasteiger partial charge >= 0.3 is 5.69 Å². The van der Waals surface area contributed by atoms with Gasteiger partial charge in [0, 0.05) is 12.6 Å². The highest BCUT2D eigenvalue weighted by molar-refractivity contribution is 6.33. The first-order chi connectivity index (χ1) is 9.49. The lowest BCUT2D eigenvalue weighted by molar-refractivity contribution is 0.628. The van der Waals surface area contributed by atoms with E-state index in [9.17, 15) is 14.0 Å². The molecule has 2 N–H and O–H groups in total. The highest BCUT2D eigenvalue weighted by Gasteiger charge is 2.15. The van der Waals surface area contributed by atoms with Gasteiger partial charge in [-0.25, -0.2) is 14.2 Å². The van der Waals surface area contributed by atoms with Gasteiger partial charge in [-0.3, -0.25) is 14.3 Å². The zero-order valence-corrected chi connectivity index (χ0v) is 11.0. The molecule has 3 rings (SSSR count). The first-order valence-electron chi connectivity index (χ1n) is 5.62. The number of benzene rings is 1. The molecule has 2 heterocycles. The van der Waals surface area contributed by atoms with E-state index in [4.69, 9.17) is 11.6 Å². The quantitative estimate of drug-likeness (QED) is 0.712. The molecule has 6 nitrogen and oxygen atoms in total. The third kappa shape index (κ3) is 1.75. The minimum atomic E-state index is -0.590. The van der Waals surface area contributed by atoms with Crippen LogP contribution in [0.1, 0.15) is 0 Å². The van der Waals surface area contributed by atoms with Gasteiger partial charge in [0.1, 0.15) is 17.2 Å². The summed E-state index contributed by atoms with van der Waals surface area (Å²) >= 11 is 5.88. The smallest absolute Gasteiger partial charge is 0.329 e. The van der Waals surface area contributed by atoms with Gasteiger partial charge in [-0.05, 0) is 12.1 Å². The Bertz CT molecular complexity index is 941. The van der Waals surface area contributed by atoms with Crippen molar-refractivity contribution in [2.45, 2.75) is 0 Å². The summed E-state index contributed by atoms with van der Waals surface area (Å²) in [6, 6.07) is 4.26. The molecule has 20 heavy (non-hydrogen) atoms. The van der Waals surface area contributed by atoms with E-state index in [1.54, 1.807) is 6.07 Å². The highest BCUT2D eigenvalue weighted by atomic mass is 35.5. The predicted molar refractivity (Wildman–Crippen MR) is 72.4 cm³/mol. The maximum absolute atomic E-state index is 13.4. The number of hydrogen-bond donors (Lipinski definition) is 2. The van der Waals surface area contributed by atoms with Gasteiger partial charge in [0.15, 0.2) is 5.65 Å². The molecule has 0 atom stereocenters. The summed E-state index contributed by atoms with van der Waals surface area (Å²) in [5.74, 6) is -0.372. The number of nitrogens with one attached hydrogen (secondary N) is 2. The van der Waals surface area contributed by atoms with Crippen LogP contribution in [0.2, 0.25) is 5.02 Å². The van der Waals surface area contributed by atoms with Crippen molar-refractivity contribution >= 4 is 22.8 Å². The zero-order chi connectivity index (χ0) is 14.4. The van der Waals surface area contributed by atoms with Crippen LogP contribution in [-0.4, -0.2) is 19.5 Å². The summed E-state index contributed by atoms with van der Waals surface area (Å²) in [4.78, 5) is 32.2. The van der Waals surface area contributed by atoms with E-state index in [1.807, 2.05) is 0 Å². The molecule has 102 valence electrons. The Morgan fingerprint density at radius 2 is 2.05 bits per heavy atom. The predicted octanol–water partition coefficient (Wildman–Crippen LogP) is 1.41. The molecule has 1 aromatic carbocycles. The molecule has 0 saturated carbocycles. The molecule has 0 spiro atoms. The molecular formula is C12H8ClFN4O2. The van der Waals surface area contributed by atoms with Crippen molar-refractivity contribution in [1.82, 2.24) is 19.5 Å². The van der Waals surface area contributed by atoms with Gasteiger partial charge < -0.3 is 4.98 Å². The van der Waals surface area contributed by atoms with E-state index in [-0.39, 0.29) is 22.0 Å². The fourth-order valence-electron chi connectivity index (χ4n) is 1.92. The molecule has 0 radical (unpaired) electrons. The molecule has 0 saturated heterocycles. The first-order valence-corrected chi connectivity index (χ1v) is 6.00. The van der Waals surface area contributed by atoms with Crippen molar-refractivity contribution in [1.29, 1.82) is 0 Å². The van der Waals surface area contributed by atoms with E-state index in [2.05, 4.69) is 15.0 Å². The number of aromatic nitrogens is 4. The van der Waals surface area contributed by atoms with Crippen LogP contribution in [0.5, 0.6) is 0 Å². The number of rotatable bonds is 1. The van der Waals surface area contributed by atoms with Crippen LogP contribution in [0.15, 0.2) is 27.8 Å². The minimum absolute atomic E-state index is 0.104. The van der Waals surface area contributed by atoms with Gasteiger partial charge in [0.05, 0.1) is 5.02 Å². The minimum Gasteiger partial charge on any atom is -0.332 e. The van der Waals surface area contributed by atoms with Crippen molar-refractivity contribution in [2.75, 3.05) is 0 Å². The molecule has 0 fully saturated rings. The Kier molecular flexibility index (Phi) is 2.72. The molecule has 3 aromatic rings. The number of imidazole rings is 1. The largest absolute Gasteiger partial charge is 0.332 e. The molecule has 2 aromatic heterocycles. The fraction of sp³-hybridized carbons (Fsp3) is 0.0833. The summed E-state index contributed by atoms with van der Waals surface area (Å²) < 4.78 is 14.6. The second-order valence-corrected chi connectivity index (χ2v) is 4.58. The Balaban J connectivity index is 2.37. The molecule has 0 unspecified atom stereocenters. The average Bonchev–Trinajstić information content (AvgIpc) is 2.85. The molecule has 8 heteroatoms. The summed E-state index contributed by atoms with van der Waals surface area (Å²) in [5.41, 5.74) is -0.550. The first kappa shape index (κ1) is 12.6. The van der Waals surface area contributed by atoms with E-state index in [0.717, 1.165) is 0 Å². The molecule has 0 amide bonds. The number of H-pyrrole nitrogens is 2. The third-order valence-electron chi connectivity index (χ3n) is 2.96. The topological polar surface area (TPSA) is 83.5 Å². The number of halogens is 2. The van der Waals surface area contributed by atoms with E-state index in [0.29, 0.717) is 5.56 Å². The average molecular weight is 295 g/mol. The number of hydrogen-bond acceptors (Lipinski definition) is 3. The molecule has 0 bridgehead atoms. The number of fused-ring (bicyclic) bond motifs is 1. The van der Waals surface area contributed by atoms with Crippen LogP contribution < -0.4 is 11.2 Å². The van der Waals surface area contributed by atoms with Crippen molar-refractivity contribution in [3.8, 4) is 11.4 Å². The Labute approximate surface area is 115 Å². The summed E-state index contributed by atoms with van der Waals surface area (Å²) in [7, 11) is 1.47. The zero-order valence-electron chi connectivity index (χ0n) is 10.2. The van der Waals surface area contributed by atoms with Gasteiger partial charge in [-0.1, -0.05) is 17.7 Å². The number of aryl methyl sites for hydroxylation is 1. The van der Waals surface area contributed by atoms with E-state index in [1.165, 1.54) is 23.7 Å². The summed E-state index contributed by atoms with van der Waals surface area (Å²) in [5, 5.41) is -0.104. The number of aromatic amines is 2. The molecular weight excluding hydrogens is 287 g/mol. The molecule has 0 aliphatic rings. The third-order valence-corrected chi connectivity index (χ3v) is 3.35. The van der Waals surface area contributed by atoms with Crippen LogP contribution in [0.4, 0.5) is 4.39 Å². The lowest BCUT2D eigenvalue weighted by Crippen LogP contribution is -2.28. The van der Waals surface area contributed by atoms with Gasteiger partial charge in [0.25, 0.3) is 5.56 Å².